The summed E-state index contributed by atoms with van der Waals surface area (Å²) >= 11 is 8.37. The molecule has 0 aliphatic heterocycles. The van der Waals surface area contributed by atoms with E-state index in [1.165, 1.54) is 23.6 Å². The van der Waals surface area contributed by atoms with Gasteiger partial charge in [0.25, 0.3) is 17.5 Å². The molecule has 13 nitrogen and oxygen atoms in total. The Morgan fingerprint density at radius 2 is 1.79 bits per heavy atom. The highest BCUT2D eigenvalue weighted by atomic mass is 35.5. The van der Waals surface area contributed by atoms with Crippen LogP contribution in [-0.4, -0.2) is 52.3 Å². The van der Waals surface area contributed by atoms with E-state index in [0.717, 1.165) is 22.0 Å². The minimum atomic E-state index is -1.14. The van der Waals surface area contributed by atoms with E-state index in [0.29, 0.717) is 36.6 Å². The molecule has 0 saturated carbocycles. The monoisotopic (exact) mass is 760 g/mol. The van der Waals surface area contributed by atoms with Crippen LogP contribution < -0.4 is 16.1 Å². The lowest BCUT2D eigenvalue weighted by atomic mass is 10.2. The van der Waals surface area contributed by atoms with Crippen LogP contribution >= 0.6 is 34.7 Å². The number of hydrogen-bond donors (Lipinski definition) is 3. The van der Waals surface area contributed by atoms with E-state index >= 15 is 0 Å². The van der Waals surface area contributed by atoms with Crippen molar-refractivity contribution in [2.45, 2.75) is 48.3 Å². The number of nitrogens with zero attached hydrogens (tertiary/aromatic N) is 3. The van der Waals surface area contributed by atoms with Gasteiger partial charge in [0.05, 0.1) is 39.5 Å². The minimum Gasteiger partial charge on any atom is -0.444 e. The SMILES string of the molecule is CC(C)(C)OC(=O)N[C@@H](COCc1ccccc1)C(=O)N/N=C\c1ccc(Sc2nc3ccc(NC(=O)c4ccc(Cl)cc4)cc3s2)c([N+](=O)[O-])c1. The fraction of sp³-hybridized carbons (Fsp3) is 0.194. The van der Waals surface area contributed by atoms with Crippen LogP contribution in [0, 0.1) is 10.1 Å². The summed E-state index contributed by atoms with van der Waals surface area (Å²) in [5.41, 5.74) is 4.31. The van der Waals surface area contributed by atoms with Gasteiger partial charge in [0.1, 0.15) is 11.6 Å². The van der Waals surface area contributed by atoms with Crippen LogP contribution in [0.1, 0.15) is 42.3 Å². The first-order valence-corrected chi connectivity index (χ1v) is 17.7. The summed E-state index contributed by atoms with van der Waals surface area (Å²) in [7, 11) is 0. The molecule has 5 aromatic rings. The molecule has 0 aliphatic carbocycles. The Labute approximate surface area is 311 Å². The van der Waals surface area contributed by atoms with Crippen molar-refractivity contribution < 1.29 is 28.8 Å². The van der Waals surface area contributed by atoms with Gasteiger partial charge in [-0.15, -0.1) is 11.3 Å². The molecule has 5 rings (SSSR count). The standard InChI is InChI=1S/C36H33ClN6O7S2/c1-36(2,3)50-34(46)40-28(21-49-20-22-7-5-4-6-8-22)33(45)42-38-19-23-9-16-30(29(17-23)43(47)48)51-35-41-27-15-14-26(18-31(27)52-35)39-32(44)24-10-12-25(37)13-11-24/h4-19,28H,20-21H2,1-3H3,(H,39,44)(H,40,46)(H,42,45)/b38-19-/t28-/m0/s1. The fourth-order valence-electron chi connectivity index (χ4n) is 4.52. The van der Waals surface area contributed by atoms with Gasteiger partial charge in [-0.3, -0.25) is 19.7 Å². The van der Waals surface area contributed by atoms with Gasteiger partial charge in [-0.25, -0.2) is 15.2 Å². The molecule has 0 aliphatic rings. The van der Waals surface area contributed by atoms with Crippen LogP contribution in [0.15, 0.2) is 105 Å². The number of nitro groups is 1. The van der Waals surface area contributed by atoms with Crippen LogP contribution in [-0.2, 0) is 20.9 Å². The van der Waals surface area contributed by atoms with Crippen molar-refractivity contribution in [1.29, 1.82) is 0 Å². The Kier molecular flexibility index (Phi) is 12.6. The molecule has 0 unspecified atom stereocenters. The maximum atomic E-state index is 13.0. The highest BCUT2D eigenvalue weighted by Crippen LogP contribution is 2.39. The largest absolute Gasteiger partial charge is 0.444 e. The number of carbonyl (C=O) groups excluding carboxylic acids is 3. The highest BCUT2D eigenvalue weighted by molar-refractivity contribution is 8.01. The zero-order valence-electron chi connectivity index (χ0n) is 28.1. The lowest BCUT2D eigenvalue weighted by molar-refractivity contribution is -0.387. The number of anilines is 1. The topological polar surface area (TPSA) is 174 Å². The first kappa shape index (κ1) is 37.9. The van der Waals surface area contributed by atoms with Crippen molar-refractivity contribution in [3.8, 4) is 0 Å². The molecule has 4 aromatic carbocycles. The minimum absolute atomic E-state index is 0.169. The molecular formula is C36H33ClN6O7S2. The van der Waals surface area contributed by atoms with E-state index in [-0.39, 0.29) is 24.8 Å². The molecule has 16 heteroatoms. The average molecular weight is 761 g/mol. The first-order chi connectivity index (χ1) is 24.8. The van der Waals surface area contributed by atoms with E-state index in [1.54, 1.807) is 75.4 Å². The molecule has 3 amide bonds. The third kappa shape index (κ3) is 11.1. The van der Waals surface area contributed by atoms with E-state index in [1.807, 2.05) is 30.3 Å². The second-order valence-electron chi connectivity index (χ2n) is 12.1. The van der Waals surface area contributed by atoms with Gasteiger partial charge in [0.2, 0.25) is 0 Å². The third-order valence-corrected chi connectivity index (χ3v) is 9.30. The van der Waals surface area contributed by atoms with E-state index in [2.05, 4.69) is 26.1 Å². The lowest BCUT2D eigenvalue weighted by Gasteiger charge is -2.22. The summed E-state index contributed by atoms with van der Waals surface area (Å²) in [5, 5.41) is 21.9. The number of alkyl carbamates (subject to hydrolysis) is 1. The van der Waals surface area contributed by atoms with Gasteiger partial charge in [-0.05, 0) is 74.9 Å². The van der Waals surface area contributed by atoms with Gasteiger partial charge >= 0.3 is 6.09 Å². The first-order valence-electron chi connectivity index (χ1n) is 15.7. The van der Waals surface area contributed by atoms with Gasteiger partial charge in [-0.1, -0.05) is 59.8 Å². The van der Waals surface area contributed by atoms with E-state index in [9.17, 15) is 24.5 Å². The number of fused-ring (bicyclic) bond motifs is 1. The van der Waals surface area contributed by atoms with Gasteiger partial charge in [0.15, 0.2) is 4.34 Å². The molecule has 1 heterocycles. The van der Waals surface area contributed by atoms with Gasteiger partial charge in [-0.2, -0.15) is 5.10 Å². The molecule has 268 valence electrons. The van der Waals surface area contributed by atoms with E-state index in [4.69, 9.17) is 21.1 Å². The Balaban J connectivity index is 1.23. The number of hydrogen-bond acceptors (Lipinski definition) is 11. The predicted molar refractivity (Wildman–Crippen MR) is 201 cm³/mol. The number of aromatic nitrogens is 1. The molecule has 3 N–H and O–H groups in total. The number of nitrogens with one attached hydrogen (secondary N) is 3. The zero-order valence-corrected chi connectivity index (χ0v) is 30.5. The van der Waals surface area contributed by atoms with E-state index < -0.39 is 28.6 Å². The Hall–Kier alpha value is -5.35. The molecule has 1 atom stereocenters. The number of thiazole rings is 1. The zero-order chi connectivity index (χ0) is 37.3. The van der Waals surface area contributed by atoms with Crippen LogP contribution in [0.2, 0.25) is 5.02 Å². The number of carbonyl (C=O) groups is 3. The summed E-state index contributed by atoms with van der Waals surface area (Å²) in [6.45, 7) is 5.13. The predicted octanol–water partition coefficient (Wildman–Crippen LogP) is 7.82. The van der Waals surface area contributed by atoms with Crippen LogP contribution in [0.5, 0.6) is 0 Å². The number of halogens is 1. The summed E-state index contributed by atoms with van der Waals surface area (Å²) in [6.07, 6.45) is 0.449. The van der Waals surface area contributed by atoms with Crippen molar-refractivity contribution in [2.75, 3.05) is 11.9 Å². The van der Waals surface area contributed by atoms with Gasteiger partial charge in [0, 0.05) is 27.9 Å². The number of benzene rings is 4. The summed E-state index contributed by atoms with van der Waals surface area (Å²) in [5.74, 6) is -0.973. The van der Waals surface area contributed by atoms with Crippen molar-refractivity contribution in [3.63, 3.8) is 0 Å². The van der Waals surface area contributed by atoms with Gasteiger partial charge < -0.3 is 20.1 Å². The second kappa shape index (κ2) is 17.2. The smallest absolute Gasteiger partial charge is 0.408 e. The second-order valence-corrected chi connectivity index (χ2v) is 14.9. The normalized spacial score (nSPS) is 12.0. The number of hydrazone groups is 1. The molecule has 0 radical (unpaired) electrons. The summed E-state index contributed by atoms with van der Waals surface area (Å²) in [4.78, 5) is 54.6. The highest BCUT2D eigenvalue weighted by Gasteiger charge is 2.25. The van der Waals surface area contributed by atoms with Crippen molar-refractivity contribution in [1.82, 2.24) is 15.7 Å². The molecule has 0 bridgehead atoms. The summed E-state index contributed by atoms with van der Waals surface area (Å²) < 4.78 is 12.3. The lowest BCUT2D eigenvalue weighted by Crippen LogP contribution is -2.49. The van der Waals surface area contributed by atoms with Crippen LogP contribution in [0.4, 0.5) is 16.2 Å². The number of ether oxygens (including phenoxy) is 2. The summed E-state index contributed by atoms with van der Waals surface area (Å²) in [6, 6.07) is 24.5. The Morgan fingerprint density at radius 1 is 1.04 bits per heavy atom. The Morgan fingerprint density at radius 3 is 2.50 bits per heavy atom. The number of nitro benzene ring substituents is 1. The number of rotatable bonds is 13. The van der Waals surface area contributed by atoms with Crippen molar-refractivity contribution >= 4 is 80.4 Å². The Bertz CT molecular complexity index is 2100. The maximum absolute atomic E-state index is 13.0. The number of amides is 3. The van der Waals surface area contributed by atoms with Crippen LogP contribution in [0.25, 0.3) is 10.2 Å². The molecule has 0 fully saturated rings. The van der Waals surface area contributed by atoms with Crippen LogP contribution in [0.3, 0.4) is 0 Å². The average Bonchev–Trinajstić information content (AvgIpc) is 3.49. The fourth-order valence-corrected chi connectivity index (χ4v) is 6.79. The van der Waals surface area contributed by atoms with Crippen molar-refractivity contribution in [3.05, 3.63) is 123 Å². The molecular weight excluding hydrogens is 728 g/mol. The molecule has 1 aromatic heterocycles. The third-order valence-electron chi connectivity index (χ3n) is 6.90. The van der Waals surface area contributed by atoms with Crippen molar-refractivity contribution in [2.24, 2.45) is 5.10 Å². The molecule has 52 heavy (non-hydrogen) atoms. The molecule has 0 saturated heterocycles. The molecule has 0 spiro atoms. The maximum Gasteiger partial charge on any atom is 0.408 e. The quantitative estimate of drug-likeness (QED) is 0.0614.